The van der Waals surface area contributed by atoms with Gasteiger partial charge < -0.3 is 10.2 Å². The summed E-state index contributed by atoms with van der Waals surface area (Å²) < 4.78 is 0. The zero-order valence-electron chi connectivity index (χ0n) is 14.9. The first-order valence-electron chi connectivity index (χ1n) is 8.34. The molecule has 25 heavy (non-hydrogen) atoms. The van der Waals surface area contributed by atoms with Gasteiger partial charge in [0.15, 0.2) is 0 Å². The van der Waals surface area contributed by atoms with Crippen LogP contribution in [0.4, 0.5) is 4.79 Å². The van der Waals surface area contributed by atoms with E-state index in [1.807, 2.05) is 11.8 Å². The van der Waals surface area contributed by atoms with Crippen LogP contribution < -0.4 is 5.32 Å². The lowest BCUT2D eigenvalue weighted by atomic mass is 10.2. The molecule has 1 aliphatic rings. The second kappa shape index (κ2) is 8.89. The van der Waals surface area contributed by atoms with Gasteiger partial charge in [-0.1, -0.05) is 29.8 Å². The molecule has 1 fully saturated rings. The van der Waals surface area contributed by atoms with E-state index in [4.69, 9.17) is 0 Å². The molecule has 1 heterocycles. The number of urea groups is 1. The van der Waals surface area contributed by atoms with E-state index in [1.54, 1.807) is 7.05 Å². The number of hydrogen-bond donors (Lipinski definition) is 1. The normalized spacial score (nSPS) is 17.3. The summed E-state index contributed by atoms with van der Waals surface area (Å²) in [7, 11) is 2.98. The van der Waals surface area contributed by atoms with Crippen molar-refractivity contribution in [1.82, 2.24) is 15.1 Å². The van der Waals surface area contributed by atoms with Gasteiger partial charge in [0.25, 0.3) is 5.91 Å². The average molecular weight is 363 g/mol. The number of carbonyl (C=O) groups is 3. The summed E-state index contributed by atoms with van der Waals surface area (Å²) in [4.78, 5) is 37.9. The van der Waals surface area contributed by atoms with Crippen LogP contribution in [0.25, 0.3) is 0 Å². The molecule has 1 N–H and O–H groups in total. The molecule has 0 saturated carbocycles. The minimum atomic E-state index is -0.687. The van der Waals surface area contributed by atoms with Gasteiger partial charge in [-0.15, -0.1) is 0 Å². The van der Waals surface area contributed by atoms with E-state index in [1.165, 1.54) is 23.1 Å². The molecule has 0 aromatic heterocycles. The van der Waals surface area contributed by atoms with Gasteiger partial charge in [0.05, 0.1) is 6.42 Å². The van der Waals surface area contributed by atoms with E-state index in [0.717, 1.165) is 22.8 Å². The maximum Gasteiger partial charge on any atom is 0.326 e. The SMILES string of the molecule is Cc1cccc(CSCCCNC(=O)C[C@@H]2C(=O)N(C)C(=O)N2C)c1. The monoisotopic (exact) mass is 363 g/mol. The van der Waals surface area contributed by atoms with E-state index < -0.39 is 6.04 Å². The molecule has 7 heteroatoms. The van der Waals surface area contributed by atoms with Crippen LogP contribution in [-0.2, 0) is 15.3 Å². The van der Waals surface area contributed by atoms with Crippen LogP contribution in [0.15, 0.2) is 24.3 Å². The van der Waals surface area contributed by atoms with Crippen LogP contribution in [0, 0.1) is 6.92 Å². The van der Waals surface area contributed by atoms with Gasteiger partial charge >= 0.3 is 6.03 Å². The van der Waals surface area contributed by atoms with E-state index in [-0.39, 0.29) is 24.3 Å². The number of rotatable bonds is 8. The molecule has 1 aliphatic heterocycles. The summed E-state index contributed by atoms with van der Waals surface area (Å²) in [6, 6.07) is 7.40. The van der Waals surface area contributed by atoms with Crippen molar-refractivity contribution >= 4 is 29.6 Å². The second-order valence-corrected chi connectivity index (χ2v) is 7.36. The highest BCUT2D eigenvalue weighted by Gasteiger charge is 2.41. The molecule has 6 nitrogen and oxygen atoms in total. The number of likely N-dealkylation sites (N-methyl/N-ethyl adjacent to an activating group) is 2. The third-order valence-corrected chi connectivity index (χ3v) is 5.30. The number of benzene rings is 1. The maximum atomic E-state index is 12.0. The number of imide groups is 1. The smallest absolute Gasteiger partial charge is 0.326 e. The Morgan fingerprint density at radius 3 is 2.68 bits per heavy atom. The Morgan fingerprint density at radius 1 is 1.28 bits per heavy atom. The van der Waals surface area contributed by atoms with Crippen molar-refractivity contribution in [3.63, 3.8) is 0 Å². The Hall–Kier alpha value is -2.02. The lowest BCUT2D eigenvalue weighted by Crippen LogP contribution is -2.37. The molecule has 0 radical (unpaired) electrons. The molecular weight excluding hydrogens is 338 g/mol. The topological polar surface area (TPSA) is 69.7 Å². The number of nitrogens with zero attached hydrogens (tertiary/aromatic N) is 2. The standard InChI is InChI=1S/C18H25N3O3S/c1-13-6-4-7-14(10-13)12-25-9-5-8-19-16(22)11-15-17(23)21(3)18(24)20(15)2/h4,6-7,10,15H,5,8-9,11-12H2,1-3H3,(H,19,22)/t15-/m1/s1. The van der Waals surface area contributed by atoms with Crippen molar-refractivity contribution in [1.29, 1.82) is 0 Å². The summed E-state index contributed by atoms with van der Waals surface area (Å²) in [5.74, 6) is 1.40. The summed E-state index contributed by atoms with van der Waals surface area (Å²) in [5.41, 5.74) is 2.58. The molecule has 1 aromatic rings. The number of thioether (sulfide) groups is 1. The number of aryl methyl sites for hydroxylation is 1. The van der Waals surface area contributed by atoms with Crippen molar-refractivity contribution in [2.24, 2.45) is 0 Å². The Bertz CT molecular complexity index is 650. The van der Waals surface area contributed by atoms with Gasteiger partial charge in [-0.05, 0) is 24.7 Å². The first-order valence-corrected chi connectivity index (χ1v) is 9.50. The van der Waals surface area contributed by atoms with E-state index in [9.17, 15) is 14.4 Å². The summed E-state index contributed by atoms with van der Waals surface area (Å²) in [5, 5.41) is 2.83. The first kappa shape index (κ1) is 19.3. The zero-order chi connectivity index (χ0) is 18.4. The molecule has 1 aromatic carbocycles. The Labute approximate surface area is 152 Å². The first-order chi connectivity index (χ1) is 11.9. The molecule has 136 valence electrons. The molecule has 0 spiro atoms. The third kappa shape index (κ3) is 5.22. The quantitative estimate of drug-likeness (QED) is 0.567. The summed E-state index contributed by atoms with van der Waals surface area (Å²) in [6.45, 7) is 2.66. The maximum absolute atomic E-state index is 12.0. The van der Waals surface area contributed by atoms with Gasteiger partial charge in [-0.2, -0.15) is 11.8 Å². The van der Waals surface area contributed by atoms with E-state index >= 15 is 0 Å². The molecule has 1 saturated heterocycles. The molecule has 0 unspecified atom stereocenters. The lowest BCUT2D eigenvalue weighted by molar-refractivity contribution is -0.131. The predicted molar refractivity (Wildman–Crippen MR) is 99.3 cm³/mol. The fourth-order valence-electron chi connectivity index (χ4n) is 2.72. The second-order valence-electron chi connectivity index (χ2n) is 6.26. The van der Waals surface area contributed by atoms with Crippen LogP contribution in [0.5, 0.6) is 0 Å². The number of carbonyl (C=O) groups excluding carboxylic acids is 3. The van der Waals surface area contributed by atoms with Crippen molar-refractivity contribution in [3.8, 4) is 0 Å². The van der Waals surface area contributed by atoms with Gasteiger partial charge in [0.1, 0.15) is 6.04 Å². The molecule has 4 amide bonds. The number of amides is 4. The van der Waals surface area contributed by atoms with Crippen LogP contribution in [-0.4, -0.2) is 60.1 Å². The Balaban J connectivity index is 1.61. The molecular formula is C18H25N3O3S. The summed E-state index contributed by atoms with van der Waals surface area (Å²) in [6.07, 6.45) is 0.886. The third-order valence-electron chi connectivity index (χ3n) is 4.19. The van der Waals surface area contributed by atoms with Gasteiger partial charge in [0.2, 0.25) is 5.91 Å². The minimum absolute atomic E-state index is 0.0157. The predicted octanol–water partition coefficient (Wildman–Crippen LogP) is 2.02. The van der Waals surface area contributed by atoms with E-state index in [0.29, 0.717) is 6.54 Å². The Morgan fingerprint density at radius 2 is 2.04 bits per heavy atom. The Kier molecular flexibility index (Phi) is 6.87. The van der Waals surface area contributed by atoms with Crippen LogP contribution in [0.2, 0.25) is 0 Å². The molecule has 0 aliphatic carbocycles. The molecule has 1 atom stereocenters. The fraction of sp³-hybridized carbons (Fsp3) is 0.500. The van der Waals surface area contributed by atoms with Gasteiger partial charge in [-0.3, -0.25) is 14.5 Å². The zero-order valence-corrected chi connectivity index (χ0v) is 15.8. The van der Waals surface area contributed by atoms with Crippen LogP contribution >= 0.6 is 11.8 Å². The van der Waals surface area contributed by atoms with Crippen molar-refractivity contribution in [3.05, 3.63) is 35.4 Å². The minimum Gasteiger partial charge on any atom is -0.356 e. The fourth-order valence-corrected chi connectivity index (χ4v) is 3.63. The highest BCUT2D eigenvalue weighted by atomic mass is 32.2. The van der Waals surface area contributed by atoms with Gasteiger partial charge in [-0.25, -0.2) is 4.79 Å². The van der Waals surface area contributed by atoms with Gasteiger partial charge in [0, 0.05) is 26.4 Å². The lowest BCUT2D eigenvalue weighted by Gasteiger charge is -2.15. The number of hydrogen-bond acceptors (Lipinski definition) is 4. The van der Waals surface area contributed by atoms with Crippen LogP contribution in [0.1, 0.15) is 24.0 Å². The number of nitrogens with one attached hydrogen (secondary N) is 1. The molecule has 2 rings (SSSR count). The highest BCUT2D eigenvalue weighted by molar-refractivity contribution is 7.98. The van der Waals surface area contributed by atoms with E-state index in [2.05, 4.69) is 36.5 Å². The average Bonchev–Trinajstić information content (AvgIpc) is 2.76. The van der Waals surface area contributed by atoms with Crippen molar-refractivity contribution < 1.29 is 14.4 Å². The largest absolute Gasteiger partial charge is 0.356 e. The summed E-state index contributed by atoms with van der Waals surface area (Å²) >= 11 is 1.84. The van der Waals surface area contributed by atoms with Crippen LogP contribution in [0.3, 0.4) is 0 Å². The van der Waals surface area contributed by atoms with Crippen molar-refractivity contribution in [2.75, 3.05) is 26.4 Å². The highest BCUT2D eigenvalue weighted by Crippen LogP contribution is 2.17. The van der Waals surface area contributed by atoms with Crippen molar-refractivity contribution in [2.45, 2.75) is 31.6 Å². The molecule has 0 bridgehead atoms.